The van der Waals surface area contributed by atoms with Crippen LogP contribution in [0.4, 0.5) is 8.78 Å². The third-order valence-electron chi connectivity index (χ3n) is 4.59. The van der Waals surface area contributed by atoms with Crippen molar-refractivity contribution in [3.05, 3.63) is 29.8 Å². The van der Waals surface area contributed by atoms with Gasteiger partial charge in [0.25, 0.3) is 0 Å². The fourth-order valence-corrected chi connectivity index (χ4v) is 2.87. The standard InChI is InChI=1S/C17H23F2NO/c18-17(19)10-8-14(9-11-17)20-12-13-4-6-16(7-5-13)21-15-2-1-3-15/h4-7,14-15,20H,1-3,8-12H2. The van der Waals surface area contributed by atoms with E-state index < -0.39 is 5.92 Å². The van der Waals surface area contributed by atoms with E-state index >= 15 is 0 Å². The van der Waals surface area contributed by atoms with E-state index in [0.29, 0.717) is 18.9 Å². The number of benzene rings is 1. The van der Waals surface area contributed by atoms with E-state index in [2.05, 4.69) is 17.4 Å². The predicted octanol–water partition coefficient (Wildman–Crippen LogP) is 4.29. The zero-order valence-corrected chi connectivity index (χ0v) is 12.3. The minimum Gasteiger partial charge on any atom is -0.490 e. The van der Waals surface area contributed by atoms with Crippen molar-refractivity contribution in [2.45, 2.75) is 69.6 Å². The Morgan fingerprint density at radius 1 is 1.05 bits per heavy atom. The first-order valence-electron chi connectivity index (χ1n) is 7.98. The highest BCUT2D eigenvalue weighted by Gasteiger charge is 2.34. The lowest BCUT2D eigenvalue weighted by Gasteiger charge is -2.29. The first-order chi connectivity index (χ1) is 10.1. The number of rotatable bonds is 5. The Balaban J connectivity index is 1.43. The van der Waals surface area contributed by atoms with Gasteiger partial charge in [0.05, 0.1) is 6.10 Å². The van der Waals surface area contributed by atoms with Crippen molar-refractivity contribution in [1.82, 2.24) is 5.32 Å². The van der Waals surface area contributed by atoms with Crippen LogP contribution in [-0.4, -0.2) is 18.1 Å². The second kappa shape index (κ2) is 6.30. The van der Waals surface area contributed by atoms with E-state index in [-0.39, 0.29) is 18.9 Å². The number of halogens is 2. The molecule has 0 unspecified atom stereocenters. The summed E-state index contributed by atoms with van der Waals surface area (Å²) >= 11 is 0. The fraction of sp³-hybridized carbons (Fsp3) is 0.647. The largest absolute Gasteiger partial charge is 0.490 e. The molecule has 116 valence electrons. The van der Waals surface area contributed by atoms with Crippen molar-refractivity contribution in [3.63, 3.8) is 0 Å². The summed E-state index contributed by atoms with van der Waals surface area (Å²) in [5.41, 5.74) is 1.17. The Hall–Kier alpha value is -1.16. The molecule has 0 spiro atoms. The Kier molecular flexibility index (Phi) is 4.43. The molecule has 0 saturated heterocycles. The molecule has 0 amide bonds. The van der Waals surface area contributed by atoms with Crippen LogP contribution in [0, 0.1) is 0 Å². The van der Waals surface area contributed by atoms with Gasteiger partial charge in [0.1, 0.15) is 5.75 Å². The quantitative estimate of drug-likeness (QED) is 0.875. The first kappa shape index (κ1) is 14.8. The molecule has 1 N–H and O–H groups in total. The predicted molar refractivity (Wildman–Crippen MR) is 78.8 cm³/mol. The summed E-state index contributed by atoms with van der Waals surface area (Å²) < 4.78 is 32.0. The van der Waals surface area contributed by atoms with E-state index in [1.165, 1.54) is 12.0 Å². The molecule has 2 nitrogen and oxygen atoms in total. The molecule has 0 bridgehead atoms. The number of hydrogen-bond acceptors (Lipinski definition) is 2. The summed E-state index contributed by atoms with van der Waals surface area (Å²) in [5.74, 6) is -1.51. The van der Waals surface area contributed by atoms with Gasteiger partial charge in [-0.1, -0.05) is 12.1 Å². The van der Waals surface area contributed by atoms with Gasteiger partial charge in [0.15, 0.2) is 0 Å². The van der Waals surface area contributed by atoms with Crippen molar-refractivity contribution in [2.75, 3.05) is 0 Å². The molecule has 0 aliphatic heterocycles. The van der Waals surface area contributed by atoms with Gasteiger partial charge in [-0.05, 0) is 49.8 Å². The summed E-state index contributed by atoms with van der Waals surface area (Å²) in [4.78, 5) is 0. The van der Waals surface area contributed by atoms with Crippen molar-refractivity contribution in [1.29, 1.82) is 0 Å². The molecule has 0 radical (unpaired) electrons. The number of nitrogens with one attached hydrogen (secondary N) is 1. The van der Waals surface area contributed by atoms with Crippen LogP contribution in [0.2, 0.25) is 0 Å². The third-order valence-corrected chi connectivity index (χ3v) is 4.59. The second-order valence-corrected chi connectivity index (χ2v) is 6.33. The van der Waals surface area contributed by atoms with Crippen LogP contribution < -0.4 is 10.1 Å². The lowest BCUT2D eigenvalue weighted by molar-refractivity contribution is -0.0405. The maximum atomic E-state index is 13.1. The van der Waals surface area contributed by atoms with Crippen LogP contribution in [0.3, 0.4) is 0 Å². The van der Waals surface area contributed by atoms with Crippen molar-refractivity contribution >= 4 is 0 Å². The summed E-state index contributed by atoms with van der Waals surface area (Å²) in [6.07, 6.45) is 5.15. The topological polar surface area (TPSA) is 21.3 Å². The Labute approximate surface area is 124 Å². The number of hydrogen-bond donors (Lipinski definition) is 1. The van der Waals surface area contributed by atoms with Crippen molar-refractivity contribution in [3.8, 4) is 5.75 Å². The van der Waals surface area contributed by atoms with Crippen LogP contribution in [0.1, 0.15) is 50.5 Å². The summed E-state index contributed by atoms with van der Waals surface area (Å²) in [6, 6.07) is 8.33. The SMILES string of the molecule is FC1(F)CCC(NCc2ccc(OC3CCC3)cc2)CC1. The number of alkyl halides is 2. The van der Waals surface area contributed by atoms with Crippen LogP contribution in [0.15, 0.2) is 24.3 Å². The molecule has 1 aromatic rings. The average molecular weight is 295 g/mol. The summed E-state index contributed by atoms with van der Waals surface area (Å²) in [6.45, 7) is 0.736. The average Bonchev–Trinajstić information content (AvgIpc) is 2.43. The molecule has 2 fully saturated rings. The molecule has 1 aromatic carbocycles. The zero-order valence-electron chi connectivity index (χ0n) is 12.3. The highest BCUT2D eigenvalue weighted by molar-refractivity contribution is 5.27. The normalized spacial score (nSPS) is 22.8. The van der Waals surface area contributed by atoms with Crippen LogP contribution >= 0.6 is 0 Å². The monoisotopic (exact) mass is 295 g/mol. The van der Waals surface area contributed by atoms with E-state index in [9.17, 15) is 8.78 Å². The molecule has 21 heavy (non-hydrogen) atoms. The minimum absolute atomic E-state index is 0.0127. The molecular formula is C17H23F2NO. The Bertz CT molecular complexity index is 446. The third kappa shape index (κ3) is 4.16. The molecular weight excluding hydrogens is 272 g/mol. The summed E-state index contributed by atoms with van der Waals surface area (Å²) in [7, 11) is 0. The van der Waals surface area contributed by atoms with E-state index in [1.54, 1.807) is 0 Å². The van der Waals surface area contributed by atoms with Crippen LogP contribution in [0.5, 0.6) is 5.75 Å². The molecule has 0 heterocycles. The number of ether oxygens (including phenoxy) is 1. The molecule has 0 aromatic heterocycles. The van der Waals surface area contributed by atoms with E-state index in [4.69, 9.17) is 4.74 Å². The van der Waals surface area contributed by atoms with Gasteiger partial charge in [0, 0.05) is 25.4 Å². The fourth-order valence-electron chi connectivity index (χ4n) is 2.87. The molecule has 2 aliphatic rings. The smallest absolute Gasteiger partial charge is 0.248 e. The second-order valence-electron chi connectivity index (χ2n) is 6.33. The van der Waals surface area contributed by atoms with Crippen molar-refractivity contribution < 1.29 is 13.5 Å². The summed E-state index contributed by atoms with van der Waals surface area (Å²) in [5, 5.41) is 3.38. The molecule has 3 rings (SSSR count). The lowest BCUT2D eigenvalue weighted by atomic mass is 9.92. The van der Waals surface area contributed by atoms with Gasteiger partial charge in [-0.3, -0.25) is 0 Å². The van der Waals surface area contributed by atoms with Gasteiger partial charge in [-0.15, -0.1) is 0 Å². The van der Waals surface area contributed by atoms with Crippen LogP contribution in [-0.2, 0) is 6.54 Å². The van der Waals surface area contributed by atoms with Gasteiger partial charge in [-0.2, -0.15) is 0 Å². The molecule has 2 saturated carbocycles. The highest BCUT2D eigenvalue weighted by atomic mass is 19.3. The highest BCUT2D eigenvalue weighted by Crippen LogP contribution is 2.33. The molecule has 0 atom stereocenters. The van der Waals surface area contributed by atoms with E-state index in [1.807, 2.05) is 12.1 Å². The van der Waals surface area contributed by atoms with Gasteiger partial charge in [-0.25, -0.2) is 8.78 Å². The zero-order chi connectivity index (χ0) is 14.7. The minimum atomic E-state index is -2.45. The maximum absolute atomic E-state index is 13.1. The Morgan fingerprint density at radius 3 is 2.29 bits per heavy atom. The Morgan fingerprint density at radius 2 is 1.71 bits per heavy atom. The lowest BCUT2D eigenvalue weighted by Crippen LogP contribution is -2.36. The first-order valence-corrected chi connectivity index (χ1v) is 7.98. The molecule has 2 aliphatic carbocycles. The van der Waals surface area contributed by atoms with Crippen LogP contribution in [0.25, 0.3) is 0 Å². The molecule has 4 heteroatoms. The van der Waals surface area contributed by atoms with E-state index in [0.717, 1.165) is 25.1 Å². The maximum Gasteiger partial charge on any atom is 0.248 e. The van der Waals surface area contributed by atoms with Gasteiger partial charge < -0.3 is 10.1 Å². The van der Waals surface area contributed by atoms with Crippen molar-refractivity contribution in [2.24, 2.45) is 0 Å². The van der Waals surface area contributed by atoms with Gasteiger partial charge in [0.2, 0.25) is 5.92 Å². The van der Waals surface area contributed by atoms with Gasteiger partial charge >= 0.3 is 0 Å².